The maximum Gasteiger partial charge on any atom is 0.225 e. The van der Waals surface area contributed by atoms with Gasteiger partial charge in [-0.25, -0.2) is 4.98 Å². The summed E-state index contributed by atoms with van der Waals surface area (Å²) in [6.45, 7) is 0. The van der Waals surface area contributed by atoms with Crippen LogP contribution in [0.25, 0.3) is 11.3 Å². The molecule has 176 valence electrons. The van der Waals surface area contributed by atoms with Crippen molar-refractivity contribution in [2.75, 3.05) is 5.32 Å². The van der Waals surface area contributed by atoms with Crippen LogP contribution in [0.5, 0.6) is 0 Å². The number of amides is 1. The van der Waals surface area contributed by atoms with E-state index in [0.29, 0.717) is 25.1 Å². The third-order valence-corrected chi connectivity index (χ3v) is 6.54. The number of fused-ring (bicyclic) bond motifs is 1. The number of aryl methyl sites for hydroxylation is 2. The van der Waals surface area contributed by atoms with Crippen molar-refractivity contribution >= 4 is 17.5 Å². The van der Waals surface area contributed by atoms with E-state index in [1.165, 1.54) is 5.56 Å². The molecule has 0 fully saturated rings. The van der Waals surface area contributed by atoms with Crippen LogP contribution in [0.4, 0.5) is 5.82 Å². The van der Waals surface area contributed by atoms with Gasteiger partial charge < -0.3 is 10.3 Å². The van der Waals surface area contributed by atoms with Crippen molar-refractivity contribution in [3.63, 3.8) is 0 Å². The van der Waals surface area contributed by atoms with E-state index in [2.05, 4.69) is 39.6 Å². The standard InChI is InChI=1S/C30H29N3O2/c34-26-15-8-14-25-29(26)24(19-22-11-5-2-6-12-22)30(32-25)23-17-18-31-27(20-23)33-28(35)16-7-13-21-9-3-1-4-10-21/h1-6,9-12,17-18,20,32H,7-8,13-16,19H2,(H,31,33,35). The Balaban J connectivity index is 1.35. The molecule has 5 nitrogen and oxygen atoms in total. The van der Waals surface area contributed by atoms with Gasteiger partial charge in [-0.05, 0) is 54.5 Å². The SMILES string of the molecule is O=C(CCCc1ccccc1)Nc1cc(-c2[nH]c3c(c2Cc2ccccc2)C(=O)CCC3)ccn1. The number of rotatable bonds is 8. The van der Waals surface area contributed by atoms with Crippen molar-refractivity contribution < 1.29 is 9.59 Å². The lowest BCUT2D eigenvalue weighted by Gasteiger charge is -2.12. The van der Waals surface area contributed by atoms with Crippen LogP contribution in [0.2, 0.25) is 0 Å². The molecule has 2 aromatic carbocycles. The van der Waals surface area contributed by atoms with E-state index in [1.807, 2.05) is 48.5 Å². The lowest BCUT2D eigenvalue weighted by Crippen LogP contribution is -2.12. The van der Waals surface area contributed by atoms with Crippen LogP contribution in [0, 0.1) is 0 Å². The predicted octanol–water partition coefficient (Wildman–Crippen LogP) is 6.15. The molecule has 5 heteroatoms. The molecule has 0 atom stereocenters. The molecule has 4 aromatic rings. The molecule has 1 aliphatic carbocycles. The zero-order valence-electron chi connectivity index (χ0n) is 19.7. The Labute approximate surface area is 205 Å². The maximum atomic E-state index is 12.9. The van der Waals surface area contributed by atoms with E-state index >= 15 is 0 Å². The summed E-state index contributed by atoms with van der Waals surface area (Å²) in [6.07, 6.45) is 6.81. The van der Waals surface area contributed by atoms with Crippen LogP contribution in [-0.2, 0) is 24.1 Å². The van der Waals surface area contributed by atoms with Gasteiger partial charge in [-0.3, -0.25) is 9.59 Å². The number of ketones is 1. The predicted molar refractivity (Wildman–Crippen MR) is 139 cm³/mol. The van der Waals surface area contributed by atoms with Crippen molar-refractivity contribution in [1.29, 1.82) is 0 Å². The van der Waals surface area contributed by atoms with Crippen LogP contribution in [0.1, 0.15) is 58.4 Å². The summed E-state index contributed by atoms with van der Waals surface area (Å²) >= 11 is 0. The highest BCUT2D eigenvalue weighted by molar-refractivity contribution is 6.01. The minimum atomic E-state index is -0.0453. The average Bonchev–Trinajstić information content (AvgIpc) is 3.25. The van der Waals surface area contributed by atoms with Crippen molar-refractivity contribution in [3.8, 4) is 11.3 Å². The molecule has 35 heavy (non-hydrogen) atoms. The number of pyridine rings is 1. The first-order valence-corrected chi connectivity index (χ1v) is 12.3. The molecule has 0 saturated heterocycles. The number of carbonyl (C=O) groups excluding carboxylic acids is 2. The van der Waals surface area contributed by atoms with Crippen molar-refractivity contribution in [1.82, 2.24) is 9.97 Å². The second-order valence-corrected chi connectivity index (χ2v) is 9.09. The number of nitrogens with zero attached hydrogens (tertiary/aromatic N) is 1. The normalized spacial score (nSPS) is 12.9. The fourth-order valence-corrected chi connectivity index (χ4v) is 4.85. The quantitative estimate of drug-likeness (QED) is 0.329. The summed E-state index contributed by atoms with van der Waals surface area (Å²) < 4.78 is 0. The van der Waals surface area contributed by atoms with E-state index < -0.39 is 0 Å². The summed E-state index contributed by atoms with van der Waals surface area (Å²) in [7, 11) is 0. The van der Waals surface area contributed by atoms with Crippen LogP contribution in [-0.4, -0.2) is 21.7 Å². The largest absolute Gasteiger partial charge is 0.358 e. The van der Waals surface area contributed by atoms with Gasteiger partial charge in [0, 0.05) is 42.3 Å². The van der Waals surface area contributed by atoms with Gasteiger partial charge in [0.05, 0.1) is 5.69 Å². The average molecular weight is 464 g/mol. The molecular formula is C30H29N3O2. The number of hydrogen-bond acceptors (Lipinski definition) is 3. The van der Waals surface area contributed by atoms with Crippen LogP contribution >= 0.6 is 0 Å². The Morgan fingerprint density at radius 3 is 2.46 bits per heavy atom. The summed E-state index contributed by atoms with van der Waals surface area (Å²) in [5, 5.41) is 2.95. The molecule has 0 saturated carbocycles. The lowest BCUT2D eigenvalue weighted by molar-refractivity contribution is -0.116. The minimum absolute atomic E-state index is 0.0453. The molecule has 0 spiro atoms. The minimum Gasteiger partial charge on any atom is -0.358 e. The van der Waals surface area contributed by atoms with E-state index in [9.17, 15) is 9.59 Å². The summed E-state index contributed by atoms with van der Waals surface area (Å²) in [6, 6.07) is 24.2. The van der Waals surface area contributed by atoms with Gasteiger partial charge in [0.25, 0.3) is 0 Å². The monoisotopic (exact) mass is 463 g/mol. The fraction of sp³-hybridized carbons (Fsp3) is 0.233. The lowest BCUT2D eigenvalue weighted by atomic mass is 9.90. The zero-order chi connectivity index (χ0) is 24.0. The topological polar surface area (TPSA) is 74.8 Å². The molecule has 0 aliphatic heterocycles. The molecule has 0 bridgehead atoms. The first-order valence-electron chi connectivity index (χ1n) is 12.3. The van der Waals surface area contributed by atoms with E-state index in [1.54, 1.807) is 6.20 Å². The highest BCUT2D eigenvalue weighted by Crippen LogP contribution is 2.35. The number of benzene rings is 2. The van der Waals surface area contributed by atoms with Crippen molar-refractivity contribution in [3.05, 3.63) is 107 Å². The van der Waals surface area contributed by atoms with Gasteiger partial charge in [0.15, 0.2) is 5.78 Å². The van der Waals surface area contributed by atoms with Crippen molar-refractivity contribution in [2.45, 2.75) is 44.9 Å². The van der Waals surface area contributed by atoms with Gasteiger partial charge >= 0.3 is 0 Å². The number of carbonyl (C=O) groups is 2. The van der Waals surface area contributed by atoms with Gasteiger partial charge in [-0.15, -0.1) is 0 Å². The first kappa shape index (κ1) is 22.8. The Kier molecular flexibility index (Phi) is 6.85. The zero-order valence-corrected chi connectivity index (χ0v) is 19.7. The maximum absolute atomic E-state index is 12.9. The van der Waals surface area contributed by atoms with E-state index in [4.69, 9.17) is 0 Å². The van der Waals surface area contributed by atoms with Gasteiger partial charge in [-0.2, -0.15) is 0 Å². The summed E-state index contributed by atoms with van der Waals surface area (Å²) in [5.74, 6) is 0.688. The smallest absolute Gasteiger partial charge is 0.225 e. The summed E-state index contributed by atoms with van der Waals surface area (Å²) in [4.78, 5) is 33.3. The third-order valence-electron chi connectivity index (χ3n) is 6.54. The highest BCUT2D eigenvalue weighted by Gasteiger charge is 2.26. The molecular weight excluding hydrogens is 434 g/mol. The van der Waals surface area contributed by atoms with Gasteiger partial charge in [-0.1, -0.05) is 60.7 Å². The number of nitrogens with one attached hydrogen (secondary N) is 2. The Morgan fingerprint density at radius 1 is 0.943 bits per heavy atom. The Bertz CT molecular complexity index is 1330. The van der Waals surface area contributed by atoms with E-state index in [-0.39, 0.29) is 11.7 Å². The Hall–Kier alpha value is -3.99. The number of hydrogen-bond donors (Lipinski definition) is 2. The molecule has 1 amide bonds. The molecule has 2 N–H and O–H groups in total. The highest BCUT2D eigenvalue weighted by atomic mass is 16.1. The third kappa shape index (κ3) is 5.40. The number of anilines is 1. The van der Waals surface area contributed by atoms with Crippen molar-refractivity contribution in [2.24, 2.45) is 0 Å². The van der Waals surface area contributed by atoms with Crippen LogP contribution in [0.15, 0.2) is 79.0 Å². The van der Waals surface area contributed by atoms with Gasteiger partial charge in [0.1, 0.15) is 5.82 Å². The van der Waals surface area contributed by atoms with Crippen LogP contribution < -0.4 is 5.32 Å². The number of Topliss-reactive ketones (excluding diaryl/α,β-unsaturated/α-hetero) is 1. The molecule has 0 radical (unpaired) electrons. The first-order chi connectivity index (χ1) is 17.2. The molecule has 2 aromatic heterocycles. The fourth-order valence-electron chi connectivity index (χ4n) is 4.85. The molecule has 5 rings (SSSR count). The molecule has 1 aliphatic rings. The molecule has 2 heterocycles. The number of H-pyrrole nitrogens is 1. The van der Waals surface area contributed by atoms with E-state index in [0.717, 1.165) is 59.3 Å². The number of aromatic nitrogens is 2. The summed E-state index contributed by atoms with van der Waals surface area (Å²) in [5.41, 5.74) is 7.15. The second-order valence-electron chi connectivity index (χ2n) is 9.09. The second kappa shape index (κ2) is 10.5. The van der Waals surface area contributed by atoms with Crippen LogP contribution in [0.3, 0.4) is 0 Å². The Morgan fingerprint density at radius 2 is 1.69 bits per heavy atom. The molecule has 0 unspecified atom stereocenters. The number of aromatic amines is 1. The van der Waals surface area contributed by atoms with Gasteiger partial charge in [0.2, 0.25) is 5.91 Å².